The molecule has 0 spiro atoms. The highest BCUT2D eigenvalue weighted by Crippen LogP contribution is 2.32. The van der Waals surface area contributed by atoms with Crippen LogP contribution in [0.3, 0.4) is 0 Å². The van der Waals surface area contributed by atoms with Crippen molar-refractivity contribution in [2.45, 2.75) is 31.5 Å². The highest BCUT2D eigenvalue weighted by Gasteiger charge is 2.30. The SMILES string of the molecule is FC(F)(F)c1ccc([C@H]2CCCCO2)cc1. The molecule has 1 nitrogen and oxygen atoms in total. The Morgan fingerprint density at radius 2 is 1.75 bits per heavy atom. The van der Waals surface area contributed by atoms with Crippen molar-refractivity contribution in [2.24, 2.45) is 0 Å². The number of hydrogen-bond acceptors (Lipinski definition) is 1. The Kier molecular flexibility index (Phi) is 3.19. The molecule has 1 saturated heterocycles. The van der Waals surface area contributed by atoms with E-state index < -0.39 is 11.7 Å². The van der Waals surface area contributed by atoms with Gasteiger partial charge in [-0.15, -0.1) is 0 Å². The smallest absolute Gasteiger partial charge is 0.374 e. The van der Waals surface area contributed by atoms with Crippen LogP contribution in [0.25, 0.3) is 0 Å². The van der Waals surface area contributed by atoms with Crippen molar-refractivity contribution >= 4 is 0 Å². The largest absolute Gasteiger partial charge is 0.416 e. The molecule has 0 unspecified atom stereocenters. The second kappa shape index (κ2) is 4.45. The van der Waals surface area contributed by atoms with Gasteiger partial charge >= 0.3 is 6.18 Å². The lowest BCUT2D eigenvalue weighted by molar-refractivity contribution is -0.137. The fourth-order valence-electron chi connectivity index (χ4n) is 1.89. The number of hydrogen-bond donors (Lipinski definition) is 0. The topological polar surface area (TPSA) is 9.23 Å². The molecule has 0 saturated carbocycles. The summed E-state index contributed by atoms with van der Waals surface area (Å²) in [6.07, 6.45) is -1.28. The molecule has 2 rings (SSSR count). The van der Waals surface area contributed by atoms with Gasteiger partial charge < -0.3 is 4.74 Å². The van der Waals surface area contributed by atoms with E-state index in [4.69, 9.17) is 4.74 Å². The monoisotopic (exact) mass is 230 g/mol. The van der Waals surface area contributed by atoms with Crippen LogP contribution in [0.4, 0.5) is 13.2 Å². The Labute approximate surface area is 92.2 Å². The van der Waals surface area contributed by atoms with Crippen LogP contribution < -0.4 is 0 Å². The minimum absolute atomic E-state index is 0.0315. The molecular weight excluding hydrogens is 217 g/mol. The summed E-state index contributed by atoms with van der Waals surface area (Å²) in [5, 5.41) is 0. The minimum Gasteiger partial charge on any atom is -0.374 e. The van der Waals surface area contributed by atoms with Gasteiger partial charge in [0.05, 0.1) is 11.7 Å². The van der Waals surface area contributed by atoms with Crippen LogP contribution in [0.15, 0.2) is 24.3 Å². The van der Waals surface area contributed by atoms with Gasteiger partial charge in [0.25, 0.3) is 0 Å². The standard InChI is InChI=1S/C12H13F3O/c13-12(14,15)10-6-4-9(5-7-10)11-3-1-2-8-16-11/h4-7,11H,1-3,8H2/t11-/m1/s1. The van der Waals surface area contributed by atoms with Crippen LogP contribution in [-0.2, 0) is 10.9 Å². The zero-order chi connectivity index (χ0) is 11.6. The van der Waals surface area contributed by atoms with E-state index in [1.807, 2.05) is 0 Å². The average Bonchev–Trinajstić information content (AvgIpc) is 2.29. The van der Waals surface area contributed by atoms with Crippen LogP contribution in [0.5, 0.6) is 0 Å². The summed E-state index contributed by atoms with van der Waals surface area (Å²) >= 11 is 0. The molecule has 1 aromatic carbocycles. The molecule has 88 valence electrons. The molecular formula is C12H13F3O. The lowest BCUT2D eigenvalue weighted by Crippen LogP contribution is -2.12. The van der Waals surface area contributed by atoms with Crippen molar-refractivity contribution in [2.75, 3.05) is 6.61 Å². The van der Waals surface area contributed by atoms with E-state index in [0.29, 0.717) is 6.61 Å². The van der Waals surface area contributed by atoms with Crippen LogP contribution in [0.1, 0.15) is 36.5 Å². The van der Waals surface area contributed by atoms with E-state index in [9.17, 15) is 13.2 Å². The molecule has 16 heavy (non-hydrogen) atoms. The quantitative estimate of drug-likeness (QED) is 0.709. The van der Waals surface area contributed by atoms with Crippen LogP contribution >= 0.6 is 0 Å². The second-order valence-electron chi connectivity index (χ2n) is 3.97. The predicted octanol–water partition coefficient (Wildman–Crippen LogP) is 3.95. The Bertz CT molecular complexity index is 336. The van der Waals surface area contributed by atoms with Crippen molar-refractivity contribution in [1.29, 1.82) is 0 Å². The molecule has 1 aliphatic heterocycles. The zero-order valence-corrected chi connectivity index (χ0v) is 8.76. The molecule has 1 aromatic rings. The van der Waals surface area contributed by atoms with E-state index in [1.165, 1.54) is 12.1 Å². The van der Waals surface area contributed by atoms with E-state index in [-0.39, 0.29) is 6.10 Å². The van der Waals surface area contributed by atoms with Gasteiger partial charge in [-0.2, -0.15) is 13.2 Å². The van der Waals surface area contributed by atoms with Crippen molar-refractivity contribution in [3.8, 4) is 0 Å². The normalized spacial score (nSPS) is 22.1. The van der Waals surface area contributed by atoms with E-state index >= 15 is 0 Å². The highest BCUT2D eigenvalue weighted by atomic mass is 19.4. The first-order valence-corrected chi connectivity index (χ1v) is 5.36. The average molecular weight is 230 g/mol. The van der Waals surface area contributed by atoms with E-state index in [0.717, 1.165) is 37.0 Å². The van der Waals surface area contributed by atoms with Gasteiger partial charge in [0.1, 0.15) is 0 Å². The molecule has 4 heteroatoms. The second-order valence-corrected chi connectivity index (χ2v) is 3.97. The zero-order valence-electron chi connectivity index (χ0n) is 8.76. The van der Waals surface area contributed by atoms with Gasteiger partial charge in [-0.3, -0.25) is 0 Å². The fraction of sp³-hybridized carbons (Fsp3) is 0.500. The Balaban J connectivity index is 2.12. The number of alkyl halides is 3. The van der Waals surface area contributed by atoms with Gasteiger partial charge in [0.2, 0.25) is 0 Å². The van der Waals surface area contributed by atoms with Crippen LogP contribution in [-0.4, -0.2) is 6.61 Å². The van der Waals surface area contributed by atoms with Gasteiger partial charge in [-0.25, -0.2) is 0 Å². The molecule has 0 aliphatic carbocycles. The molecule has 0 aromatic heterocycles. The first-order valence-electron chi connectivity index (χ1n) is 5.36. The summed E-state index contributed by atoms with van der Waals surface area (Å²) < 4.78 is 42.5. The third-order valence-corrected chi connectivity index (χ3v) is 2.79. The molecule has 1 heterocycles. The molecule has 0 bridgehead atoms. The fourth-order valence-corrected chi connectivity index (χ4v) is 1.89. The number of benzene rings is 1. The molecule has 0 amide bonds. The van der Waals surface area contributed by atoms with Crippen LogP contribution in [0.2, 0.25) is 0 Å². The molecule has 1 atom stereocenters. The van der Waals surface area contributed by atoms with Crippen molar-refractivity contribution in [3.05, 3.63) is 35.4 Å². The maximum atomic E-state index is 12.3. The Hall–Kier alpha value is -1.03. The van der Waals surface area contributed by atoms with Gasteiger partial charge in [-0.05, 0) is 37.0 Å². The number of ether oxygens (including phenoxy) is 1. The third-order valence-electron chi connectivity index (χ3n) is 2.79. The number of rotatable bonds is 1. The summed E-state index contributed by atoms with van der Waals surface area (Å²) in [4.78, 5) is 0. The van der Waals surface area contributed by atoms with Gasteiger partial charge in [-0.1, -0.05) is 12.1 Å². The van der Waals surface area contributed by atoms with Crippen LogP contribution in [0, 0.1) is 0 Å². The summed E-state index contributed by atoms with van der Waals surface area (Å²) in [6.45, 7) is 0.700. The number of halogens is 3. The minimum atomic E-state index is -4.26. The molecule has 0 N–H and O–H groups in total. The van der Waals surface area contributed by atoms with E-state index in [1.54, 1.807) is 0 Å². The van der Waals surface area contributed by atoms with Crippen molar-refractivity contribution in [3.63, 3.8) is 0 Å². The summed E-state index contributed by atoms with van der Waals surface area (Å²) in [5.41, 5.74) is 0.236. The summed E-state index contributed by atoms with van der Waals surface area (Å²) in [6, 6.07) is 5.26. The van der Waals surface area contributed by atoms with Gasteiger partial charge in [0, 0.05) is 6.61 Å². The maximum Gasteiger partial charge on any atom is 0.416 e. The first-order chi connectivity index (χ1) is 7.57. The Morgan fingerprint density at radius 1 is 1.06 bits per heavy atom. The predicted molar refractivity (Wildman–Crippen MR) is 54.0 cm³/mol. The lowest BCUT2D eigenvalue weighted by Gasteiger charge is -2.23. The maximum absolute atomic E-state index is 12.3. The summed E-state index contributed by atoms with van der Waals surface area (Å²) in [5.74, 6) is 0. The van der Waals surface area contributed by atoms with Crippen molar-refractivity contribution < 1.29 is 17.9 Å². The van der Waals surface area contributed by atoms with Crippen molar-refractivity contribution in [1.82, 2.24) is 0 Å². The van der Waals surface area contributed by atoms with E-state index in [2.05, 4.69) is 0 Å². The molecule has 1 fully saturated rings. The highest BCUT2D eigenvalue weighted by molar-refractivity contribution is 5.26. The molecule has 1 aliphatic rings. The molecule has 0 radical (unpaired) electrons. The summed E-state index contributed by atoms with van der Waals surface area (Å²) in [7, 11) is 0. The Morgan fingerprint density at radius 3 is 2.25 bits per heavy atom. The lowest BCUT2D eigenvalue weighted by atomic mass is 10.0. The van der Waals surface area contributed by atoms with Gasteiger partial charge in [0.15, 0.2) is 0 Å². The third kappa shape index (κ3) is 2.55. The first kappa shape index (κ1) is 11.5.